The van der Waals surface area contributed by atoms with E-state index in [1.807, 2.05) is 0 Å². The number of rotatable bonds is 6. The molecule has 0 radical (unpaired) electrons. The minimum absolute atomic E-state index is 0.162. The lowest BCUT2D eigenvalue weighted by molar-refractivity contribution is -0.155. The molecule has 1 N–H and O–H groups in total. The van der Waals surface area contributed by atoms with Crippen LogP contribution in [0, 0.1) is 0 Å². The van der Waals surface area contributed by atoms with Gasteiger partial charge in [0, 0.05) is 22.9 Å². The molecule has 0 saturated heterocycles. The molecule has 0 aliphatic carbocycles. The molecule has 2 amide bonds. The van der Waals surface area contributed by atoms with Crippen molar-refractivity contribution in [3.05, 3.63) is 35.4 Å². The van der Waals surface area contributed by atoms with Gasteiger partial charge in [0.1, 0.15) is 5.82 Å². The number of carbonyl (C=O) groups is 1. The SMILES string of the molecule is O=C(Nc1cc(OCC(F)(F)F)nc(OCC(F)(F)F)n1)N(Cl)c1ccc(Cl)cc1. The van der Waals surface area contributed by atoms with Gasteiger partial charge >= 0.3 is 24.4 Å². The number of alkyl halides is 6. The number of amides is 2. The molecule has 15 heteroatoms. The first-order valence-electron chi connectivity index (χ1n) is 7.63. The van der Waals surface area contributed by atoms with E-state index in [0.29, 0.717) is 9.44 Å². The normalized spacial score (nSPS) is 11.7. The van der Waals surface area contributed by atoms with Crippen molar-refractivity contribution in [1.29, 1.82) is 0 Å². The number of ether oxygens (including phenoxy) is 2. The number of hydrogen-bond acceptors (Lipinski definition) is 5. The zero-order chi connectivity index (χ0) is 22.5. The average molecular weight is 479 g/mol. The van der Waals surface area contributed by atoms with Crippen LogP contribution in [0.25, 0.3) is 0 Å². The van der Waals surface area contributed by atoms with Crippen molar-refractivity contribution >= 4 is 40.9 Å². The molecule has 164 valence electrons. The maximum Gasteiger partial charge on any atom is 0.422 e. The van der Waals surface area contributed by atoms with Gasteiger partial charge in [-0.1, -0.05) is 11.6 Å². The lowest BCUT2D eigenvalue weighted by atomic mass is 10.3. The van der Waals surface area contributed by atoms with Crippen molar-refractivity contribution in [3.8, 4) is 11.9 Å². The van der Waals surface area contributed by atoms with Gasteiger partial charge in [-0.05, 0) is 24.3 Å². The van der Waals surface area contributed by atoms with Crippen molar-refractivity contribution in [1.82, 2.24) is 9.97 Å². The van der Waals surface area contributed by atoms with Gasteiger partial charge in [0.15, 0.2) is 13.2 Å². The quantitative estimate of drug-likeness (QED) is 0.455. The molecule has 0 unspecified atom stereocenters. The van der Waals surface area contributed by atoms with E-state index >= 15 is 0 Å². The van der Waals surface area contributed by atoms with Gasteiger partial charge in [-0.2, -0.15) is 36.3 Å². The maximum atomic E-state index is 12.3. The van der Waals surface area contributed by atoms with Gasteiger partial charge in [0.05, 0.1) is 5.69 Å². The van der Waals surface area contributed by atoms with Crippen LogP contribution in [0.5, 0.6) is 11.9 Å². The van der Waals surface area contributed by atoms with Gasteiger partial charge in [-0.25, -0.2) is 9.21 Å². The molecule has 1 heterocycles. The summed E-state index contributed by atoms with van der Waals surface area (Å²) in [7, 11) is 0. The summed E-state index contributed by atoms with van der Waals surface area (Å²) in [5, 5.41) is 2.44. The minimum Gasteiger partial charge on any atom is -0.468 e. The average Bonchev–Trinajstić information content (AvgIpc) is 2.63. The molecule has 2 aromatic rings. The summed E-state index contributed by atoms with van der Waals surface area (Å²) in [5.41, 5.74) is 0.162. The Bertz CT molecular complexity index is 844. The van der Waals surface area contributed by atoms with Gasteiger partial charge in [0.25, 0.3) is 0 Å². The first-order chi connectivity index (χ1) is 13.8. The highest BCUT2D eigenvalue weighted by Gasteiger charge is 2.30. The third-order valence-electron chi connectivity index (χ3n) is 2.90. The predicted molar refractivity (Wildman–Crippen MR) is 93.9 cm³/mol. The Morgan fingerprint density at radius 1 is 1.00 bits per heavy atom. The van der Waals surface area contributed by atoms with E-state index in [-0.39, 0.29) is 5.69 Å². The number of halogens is 8. The highest BCUT2D eigenvalue weighted by molar-refractivity contribution is 6.38. The van der Waals surface area contributed by atoms with E-state index in [9.17, 15) is 31.1 Å². The first-order valence-corrected chi connectivity index (χ1v) is 8.35. The lowest BCUT2D eigenvalue weighted by Gasteiger charge is -2.16. The molecule has 0 spiro atoms. The van der Waals surface area contributed by atoms with Crippen molar-refractivity contribution in [2.24, 2.45) is 0 Å². The smallest absolute Gasteiger partial charge is 0.422 e. The predicted octanol–water partition coefficient (Wildman–Crippen LogP) is 5.20. The summed E-state index contributed by atoms with van der Waals surface area (Å²) < 4.78 is 83.2. The van der Waals surface area contributed by atoms with E-state index in [0.717, 1.165) is 6.07 Å². The first kappa shape index (κ1) is 23.6. The van der Waals surface area contributed by atoms with Crippen LogP contribution in [0.15, 0.2) is 30.3 Å². The zero-order valence-corrected chi connectivity index (χ0v) is 15.9. The number of nitrogens with zero attached hydrogens (tertiary/aromatic N) is 3. The number of urea groups is 1. The molecule has 0 atom stereocenters. The van der Waals surface area contributed by atoms with E-state index in [1.165, 1.54) is 24.3 Å². The lowest BCUT2D eigenvalue weighted by Crippen LogP contribution is -2.27. The second-order valence-corrected chi connectivity index (χ2v) is 6.14. The van der Waals surface area contributed by atoms with Crippen LogP contribution in [-0.4, -0.2) is 41.6 Å². The fraction of sp³-hybridized carbons (Fsp3) is 0.267. The van der Waals surface area contributed by atoms with Gasteiger partial charge in [-0.3, -0.25) is 5.32 Å². The maximum absolute atomic E-state index is 12.3. The van der Waals surface area contributed by atoms with Gasteiger partial charge < -0.3 is 9.47 Å². The summed E-state index contributed by atoms with van der Waals surface area (Å²) >= 11 is 11.6. The largest absolute Gasteiger partial charge is 0.468 e. The standard InChI is InChI=1S/C15H10Cl2F6N4O3/c16-8-1-3-9(4-2-8)27(17)13(28)25-10-5-11(29-6-14(18,19)20)26-12(24-10)30-7-15(21,22)23/h1-5H,6-7H2,(H,24,25,26,28). The number of hydrogen-bond donors (Lipinski definition) is 1. The van der Waals surface area contributed by atoms with Crippen LogP contribution >= 0.6 is 23.4 Å². The van der Waals surface area contributed by atoms with Crippen LogP contribution in [0.1, 0.15) is 0 Å². The van der Waals surface area contributed by atoms with Crippen molar-refractivity contribution in [2.75, 3.05) is 22.9 Å². The Morgan fingerprint density at radius 3 is 2.13 bits per heavy atom. The van der Waals surface area contributed by atoms with Gasteiger partial charge in [-0.15, -0.1) is 0 Å². The number of aromatic nitrogens is 2. The Hall–Kier alpha value is -2.67. The highest BCUT2D eigenvalue weighted by Crippen LogP contribution is 2.25. The fourth-order valence-electron chi connectivity index (χ4n) is 1.76. The molecule has 1 aromatic carbocycles. The molecule has 0 aliphatic rings. The Kier molecular flexibility index (Phi) is 7.42. The number of anilines is 2. The number of nitrogens with one attached hydrogen (secondary N) is 1. The third-order valence-corrected chi connectivity index (χ3v) is 3.50. The molecule has 1 aromatic heterocycles. The zero-order valence-electron chi connectivity index (χ0n) is 14.4. The summed E-state index contributed by atoms with van der Waals surface area (Å²) in [6.07, 6.45) is -9.51. The fourth-order valence-corrected chi connectivity index (χ4v) is 2.04. The topological polar surface area (TPSA) is 76.6 Å². The van der Waals surface area contributed by atoms with Crippen LogP contribution in [0.3, 0.4) is 0 Å². The summed E-state index contributed by atoms with van der Waals surface area (Å²) in [6, 6.07) is 4.34. The second-order valence-electron chi connectivity index (χ2n) is 5.37. The molecule has 2 rings (SSSR count). The Balaban J connectivity index is 2.20. The molecule has 0 bridgehead atoms. The van der Waals surface area contributed by atoms with Gasteiger partial charge in [0.2, 0.25) is 5.88 Å². The van der Waals surface area contributed by atoms with Crippen LogP contribution in [0.4, 0.5) is 42.6 Å². The third kappa shape index (κ3) is 7.99. The minimum atomic E-state index is -4.77. The Morgan fingerprint density at radius 2 is 1.57 bits per heavy atom. The monoisotopic (exact) mass is 478 g/mol. The van der Waals surface area contributed by atoms with Crippen LogP contribution in [0.2, 0.25) is 5.02 Å². The van der Waals surface area contributed by atoms with E-state index in [4.69, 9.17) is 23.4 Å². The number of benzene rings is 1. The molecule has 0 fully saturated rings. The van der Waals surface area contributed by atoms with Crippen molar-refractivity contribution < 1.29 is 40.6 Å². The molecule has 7 nitrogen and oxygen atoms in total. The summed E-state index contributed by atoms with van der Waals surface area (Å²) in [4.78, 5) is 19.0. The molecule has 0 saturated carbocycles. The highest BCUT2D eigenvalue weighted by atomic mass is 35.5. The Labute approximate surface area is 174 Å². The van der Waals surface area contributed by atoms with E-state index < -0.39 is 49.3 Å². The molecular formula is C15H10Cl2F6N4O3. The van der Waals surface area contributed by atoms with Crippen LogP contribution in [-0.2, 0) is 0 Å². The van der Waals surface area contributed by atoms with Crippen molar-refractivity contribution in [2.45, 2.75) is 12.4 Å². The van der Waals surface area contributed by atoms with E-state index in [2.05, 4.69) is 24.8 Å². The van der Waals surface area contributed by atoms with E-state index in [1.54, 1.807) is 0 Å². The van der Waals surface area contributed by atoms with Crippen molar-refractivity contribution in [3.63, 3.8) is 0 Å². The molecule has 0 aliphatic heterocycles. The summed E-state index contributed by atoms with van der Waals surface area (Å²) in [6.45, 7) is -3.61. The summed E-state index contributed by atoms with van der Waals surface area (Å²) in [5.74, 6) is -1.31. The van der Waals surface area contributed by atoms with Crippen LogP contribution < -0.4 is 19.2 Å². The molecule has 30 heavy (non-hydrogen) atoms. The molecular weight excluding hydrogens is 469 g/mol. The number of carbonyl (C=O) groups excluding carboxylic acids is 1. The second kappa shape index (κ2) is 9.43.